The number of hydrogen-bond acceptors (Lipinski definition) is 6. The number of rotatable bonds is 7. The molecule has 0 radical (unpaired) electrons. The largest absolute Gasteiger partial charge is 0.497 e. The fourth-order valence-electron chi connectivity index (χ4n) is 3.10. The fraction of sp³-hybridized carbons (Fsp3) is 0.400. The summed E-state index contributed by atoms with van der Waals surface area (Å²) in [4.78, 5) is 27.6. The number of carbonyl (C=O) groups is 2. The van der Waals surface area contributed by atoms with Crippen molar-refractivity contribution < 1.29 is 19.1 Å². The van der Waals surface area contributed by atoms with Crippen molar-refractivity contribution in [1.29, 1.82) is 0 Å². The predicted molar refractivity (Wildman–Crippen MR) is 107 cm³/mol. The molecule has 7 nitrogen and oxygen atoms in total. The van der Waals surface area contributed by atoms with Gasteiger partial charge in [0.15, 0.2) is 0 Å². The zero-order valence-corrected chi connectivity index (χ0v) is 16.7. The Morgan fingerprint density at radius 3 is 2.50 bits per heavy atom. The van der Waals surface area contributed by atoms with E-state index in [1.807, 2.05) is 41.8 Å². The second-order valence-corrected chi connectivity index (χ2v) is 7.44. The van der Waals surface area contributed by atoms with Gasteiger partial charge in [0.2, 0.25) is 0 Å². The van der Waals surface area contributed by atoms with Gasteiger partial charge in [0.1, 0.15) is 5.75 Å². The highest BCUT2D eigenvalue weighted by Gasteiger charge is 2.24. The number of benzene rings is 1. The van der Waals surface area contributed by atoms with Crippen LogP contribution in [0, 0.1) is 0 Å². The van der Waals surface area contributed by atoms with Crippen molar-refractivity contribution in [2.24, 2.45) is 0 Å². The van der Waals surface area contributed by atoms with Crippen LogP contribution in [0.15, 0.2) is 41.8 Å². The van der Waals surface area contributed by atoms with E-state index in [0.717, 1.165) is 29.3 Å². The molecule has 150 valence electrons. The molecule has 28 heavy (non-hydrogen) atoms. The summed E-state index contributed by atoms with van der Waals surface area (Å²) in [6, 6.07) is 11.6. The molecule has 1 aliphatic heterocycles. The fourth-order valence-corrected chi connectivity index (χ4v) is 3.75. The Bertz CT molecular complexity index is 758. The summed E-state index contributed by atoms with van der Waals surface area (Å²) in [5.74, 6) is -0.464. The van der Waals surface area contributed by atoms with Gasteiger partial charge in [-0.3, -0.25) is 14.5 Å². The third-order valence-corrected chi connectivity index (χ3v) is 5.53. The van der Waals surface area contributed by atoms with Gasteiger partial charge in [0, 0.05) is 24.5 Å². The maximum atomic E-state index is 12.2. The Balaban J connectivity index is 1.59. The minimum atomic E-state index is -0.622. The minimum absolute atomic E-state index is 0.0381. The monoisotopic (exact) mass is 403 g/mol. The van der Waals surface area contributed by atoms with Crippen molar-refractivity contribution in [3.63, 3.8) is 0 Å². The Morgan fingerprint density at radius 1 is 1.14 bits per heavy atom. The van der Waals surface area contributed by atoms with Gasteiger partial charge in [-0.25, -0.2) is 0 Å². The van der Waals surface area contributed by atoms with Gasteiger partial charge in [0.25, 0.3) is 0 Å². The van der Waals surface area contributed by atoms with Gasteiger partial charge >= 0.3 is 11.8 Å². The number of thiophene rings is 1. The highest BCUT2D eigenvalue weighted by atomic mass is 32.1. The Labute approximate surface area is 168 Å². The first-order valence-electron chi connectivity index (χ1n) is 9.21. The molecular formula is C20H25N3O4S. The highest BCUT2D eigenvalue weighted by Crippen LogP contribution is 2.23. The molecule has 0 aliphatic carbocycles. The van der Waals surface area contributed by atoms with Crippen molar-refractivity contribution in [3.05, 3.63) is 52.2 Å². The number of nitrogens with zero attached hydrogens (tertiary/aromatic N) is 1. The van der Waals surface area contributed by atoms with Crippen LogP contribution in [0.5, 0.6) is 5.75 Å². The van der Waals surface area contributed by atoms with E-state index in [-0.39, 0.29) is 6.04 Å². The molecule has 3 rings (SSSR count). The first-order valence-corrected chi connectivity index (χ1v) is 10.1. The van der Waals surface area contributed by atoms with Gasteiger partial charge in [-0.05, 0) is 29.1 Å². The summed E-state index contributed by atoms with van der Waals surface area (Å²) < 4.78 is 10.7. The molecule has 2 aromatic rings. The van der Waals surface area contributed by atoms with Gasteiger partial charge in [-0.15, -0.1) is 11.3 Å². The number of ether oxygens (including phenoxy) is 2. The smallest absolute Gasteiger partial charge is 0.309 e. The molecule has 1 atom stereocenters. The van der Waals surface area contributed by atoms with Crippen molar-refractivity contribution >= 4 is 23.2 Å². The Kier molecular flexibility index (Phi) is 7.41. The van der Waals surface area contributed by atoms with Crippen LogP contribution < -0.4 is 15.4 Å². The summed E-state index contributed by atoms with van der Waals surface area (Å²) in [6.45, 7) is 3.56. The quantitative estimate of drug-likeness (QED) is 0.686. The average molecular weight is 404 g/mol. The van der Waals surface area contributed by atoms with Crippen LogP contribution in [0.1, 0.15) is 16.5 Å². The van der Waals surface area contributed by atoms with Crippen LogP contribution >= 0.6 is 11.3 Å². The van der Waals surface area contributed by atoms with Gasteiger partial charge in [-0.1, -0.05) is 18.2 Å². The van der Waals surface area contributed by atoms with Gasteiger partial charge in [0.05, 0.1) is 32.9 Å². The van der Waals surface area contributed by atoms with Crippen molar-refractivity contribution in [1.82, 2.24) is 15.5 Å². The second-order valence-electron chi connectivity index (χ2n) is 6.41. The van der Waals surface area contributed by atoms with E-state index in [4.69, 9.17) is 9.47 Å². The molecular weight excluding hydrogens is 378 g/mol. The van der Waals surface area contributed by atoms with Crippen molar-refractivity contribution in [2.45, 2.75) is 12.6 Å². The summed E-state index contributed by atoms with van der Waals surface area (Å²) in [5.41, 5.74) is 1.06. The van der Waals surface area contributed by atoms with E-state index < -0.39 is 11.8 Å². The molecule has 1 aromatic heterocycles. The number of nitrogens with one attached hydrogen (secondary N) is 2. The number of amides is 2. The topological polar surface area (TPSA) is 79.9 Å². The SMILES string of the molecule is COc1ccc([C@H](CNC(=O)C(=O)NCc2cccs2)N2CCOCC2)cc1. The molecule has 1 aromatic carbocycles. The van der Waals surface area contributed by atoms with E-state index in [1.54, 1.807) is 7.11 Å². The number of morpholine rings is 1. The first kappa shape index (κ1) is 20.3. The summed E-state index contributed by atoms with van der Waals surface area (Å²) in [7, 11) is 1.63. The predicted octanol–water partition coefficient (Wildman–Crippen LogP) is 1.56. The van der Waals surface area contributed by atoms with Crippen LogP contribution in [0.4, 0.5) is 0 Å². The van der Waals surface area contributed by atoms with Crippen molar-refractivity contribution in [3.8, 4) is 5.75 Å². The molecule has 1 saturated heterocycles. The second kappa shape index (κ2) is 10.2. The van der Waals surface area contributed by atoms with E-state index in [9.17, 15) is 9.59 Å². The summed E-state index contributed by atoms with van der Waals surface area (Å²) >= 11 is 1.54. The van der Waals surface area contributed by atoms with Crippen LogP contribution in [0.2, 0.25) is 0 Å². The number of carbonyl (C=O) groups excluding carboxylic acids is 2. The lowest BCUT2D eigenvalue weighted by atomic mass is 10.0. The molecule has 0 bridgehead atoms. The first-order chi connectivity index (χ1) is 13.7. The Morgan fingerprint density at radius 2 is 1.86 bits per heavy atom. The summed E-state index contributed by atoms with van der Waals surface area (Å²) in [6.07, 6.45) is 0. The maximum Gasteiger partial charge on any atom is 0.309 e. The lowest BCUT2D eigenvalue weighted by Crippen LogP contribution is -2.46. The number of methoxy groups -OCH3 is 1. The number of hydrogen-bond donors (Lipinski definition) is 2. The van der Waals surface area contributed by atoms with Crippen LogP contribution in [-0.2, 0) is 20.9 Å². The molecule has 2 N–H and O–H groups in total. The lowest BCUT2D eigenvalue weighted by molar-refractivity contribution is -0.139. The van der Waals surface area contributed by atoms with E-state index in [0.29, 0.717) is 26.3 Å². The average Bonchev–Trinajstić information content (AvgIpc) is 3.27. The zero-order valence-electron chi connectivity index (χ0n) is 15.8. The molecule has 8 heteroatoms. The molecule has 0 saturated carbocycles. The molecule has 2 heterocycles. The molecule has 0 spiro atoms. The van der Waals surface area contributed by atoms with Crippen LogP contribution in [0.25, 0.3) is 0 Å². The molecule has 0 unspecified atom stereocenters. The molecule has 2 amide bonds. The standard InChI is InChI=1S/C20H25N3O4S/c1-26-16-6-4-15(5-7-16)18(23-8-10-27-11-9-23)14-22-20(25)19(24)21-13-17-3-2-12-28-17/h2-7,12,18H,8-11,13-14H2,1H3,(H,21,24)(H,22,25)/t18-/m0/s1. The normalized spacial score (nSPS) is 15.6. The van der Waals surface area contributed by atoms with E-state index >= 15 is 0 Å². The lowest BCUT2D eigenvalue weighted by Gasteiger charge is -2.34. The maximum absolute atomic E-state index is 12.2. The van der Waals surface area contributed by atoms with Gasteiger partial charge < -0.3 is 20.1 Å². The summed E-state index contributed by atoms with van der Waals surface area (Å²) in [5, 5.41) is 7.36. The third kappa shape index (κ3) is 5.54. The van der Waals surface area contributed by atoms with E-state index in [1.165, 1.54) is 11.3 Å². The van der Waals surface area contributed by atoms with E-state index in [2.05, 4.69) is 15.5 Å². The van der Waals surface area contributed by atoms with Gasteiger partial charge in [-0.2, -0.15) is 0 Å². The van der Waals surface area contributed by atoms with Crippen molar-refractivity contribution in [2.75, 3.05) is 40.0 Å². The Hall–Kier alpha value is -2.42. The van der Waals surface area contributed by atoms with Crippen LogP contribution in [-0.4, -0.2) is 56.7 Å². The third-order valence-electron chi connectivity index (χ3n) is 4.65. The molecule has 1 aliphatic rings. The highest BCUT2D eigenvalue weighted by molar-refractivity contribution is 7.09. The zero-order chi connectivity index (χ0) is 19.8. The van der Waals surface area contributed by atoms with Crippen LogP contribution in [0.3, 0.4) is 0 Å². The molecule has 1 fully saturated rings. The minimum Gasteiger partial charge on any atom is -0.497 e.